The van der Waals surface area contributed by atoms with Gasteiger partial charge in [-0.15, -0.1) is 0 Å². The predicted octanol–water partition coefficient (Wildman–Crippen LogP) is 7.15. The van der Waals surface area contributed by atoms with Crippen molar-refractivity contribution in [3.05, 3.63) is 112 Å². The predicted molar refractivity (Wildman–Crippen MR) is 218 cm³/mol. The molecule has 0 radical (unpaired) electrons. The fourth-order valence-electron chi connectivity index (χ4n) is 7.03. The Hall–Kier alpha value is -5.19. The number of aromatic nitrogens is 5. The molecule has 0 aliphatic heterocycles. The first-order valence-electron chi connectivity index (χ1n) is 18.0. The smallest absolute Gasteiger partial charge is 0.240 e. The summed E-state index contributed by atoms with van der Waals surface area (Å²) in [4.78, 5) is 23.5. The number of carbonyl (C=O) groups is 1. The molecule has 0 bridgehead atoms. The quantitative estimate of drug-likeness (QED) is 0.124. The van der Waals surface area contributed by atoms with Crippen molar-refractivity contribution in [2.24, 2.45) is 7.05 Å². The van der Waals surface area contributed by atoms with Crippen molar-refractivity contribution in [1.82, 2.24) is 29.6 Å². The highest BCUT2D eigenvalue weighted by atomic mass is 35.5. The van der Waals surface area contributed by atoms with Gasteiger partial charge < -0.3 is 9.88 Å². The van der Waals surface area contributed by atoms with Gasteiger partial charge in [0.25, 0.3) is 0 Å². The summed E-state index contributed by atoms with van der Waals surface area (Å²) in [7, 11) is -5.66. The molecule has 12 nitrogen and oxygen atoms in total. The molecule has 1 amide bonds. The van der Waals surface area contributed by atoms with Crippen LogP contribution < -0.4 is 10.0 Å². The Morgan fingerprint density at radius 1 is 1.02 bits per heavy atom. The van der Waals surface area contributed by atoms with Gasteiger partial charge in [0.2, 0.25) is 15.9 Å². The molecule has 2 N–H and O–H groups in total. The summed E-state index contributed by atoms with van der Waals surface area (Å²) in [5.41, 5.74) is 4.21. The van der Waals surface area contributed by atoms with Crippen molar-refractivity contribution >= 4 is 71.2 Å². The molecule has 17 heteroatoms. The van der Waals surface area contributed by atoms with E-state index in [0.29, 0.717) is 51.7 Å². The highest BCUT2D eigenvalue weighted by Gasteiger charge is 2.47. The number of carbonyl (C=O) groups excluding carboxylic acids is 1. The summed E-state index contributed by atoms with van der Waals surface area (Å²) in [5, 5.41) is 7.58. The van der Waals surface area contributed by atoms with Crippen LogP contribution in [0, 0.1) is 11.6 Å². The molecular weight excluding hydrogens is 796 g/mol. The fraction of sp³-hybridized carbons (Fsp3) is 0.300. The lowest BCUT2D eigenvalue weighted by atomic mass is 9.93. The summed E-state index contributed by atoms with van der Waals surface area (Å²) in [5.74, 6) is -2.07. The average Bonchev–Trinajstić information content (AvgIpc) is 3.85. The van der Waals surface area contributed by atoms with E-state index in [9.17, 15) is 30.4 Å². The zero-order chi connectivity index (χ0) is 41.0. The largest absolute Gasteiger partial charge is 0.346 e. The van der Waals surface area contributed by atoms with Gasteiger partial charge >= 0.3 is 0 Å². The summed E-state index contributed by atoms with van der Waals surface area (Å²) in [6, 6.07) is 16.1. The van der Waals surface area contributed by atoms with E-state index >= 15 is 0 Å². The van der Waals surface area contributed by atoms with Crippen LogP contribution in [0.4, 0.5) is 14.6 Å². The minimum absolute atomic E-state index is 0.00158. The van der Waals surface area contributed by atoms with Crippen LogP contribution in [0.5, 0.6) is 0 Å². The standard InChI is InChI=1S/C40H40ClF2N7O5S2/c1-23(40(2,3)57(54,55)28-11-12-28)16-27-10-13-29(30-14-15-31(41)36-38(30)49(4)47-39(36)48-56(5,52)53)37(45-27)33(19-24-17-25(42)20-26(43)18-24)46-35(51)21-50-22-44-32-8-6-7-9-34(32)50/h6-10,13-18,20,22,28,33H,11-12,19,21H2,1-5H3,(H,46,51)(H,47,48)/t33-/m0/s1. The normalized spacial score (nSPS) is 14.6. The lowest BCUT2D eigenvalue weighted by Gasteiger charge is -2.26. The Morgan fingerprint density at radius 2 is 1.70 bits per heavy atom. The molecule has 6 aromatic rings. The number of para-hydroxylation sites is 2. The molecule has 0 unspecified atom stereocenters. The third-order valence-electron chi connectivity index (χ3n) is 10.3. The van der Waals surface area contributed by atoms with E-state index in [1.54, 1.807) is 69.1 Å². The van der Waals surface area contributed by atoms with Crippen LogP contribution in [0.3, 0.4) is 0 Å². The SMILES string of the molecule is CC(=Cc1ccc(-c2ccc(Cl)c3c(NS(C)(=O)=O)nn(C)c23)c([C@H](Cc2cc(F)cc(F)c2)NC(=O)Cn2cnc3ccccc32)n1)C(C)(C)S(=O)(=O)C1CC1. The summed E-state index contributed by atoms with van der Waals surface area (Å²) in [6.07, 6.45) is 5.33. The topological polar surface area (TPSA) is 158 Å². The molecule has 3 aromatic heterocycles. The molecule has 3 aromatic carbocycles. The van der Waals surface area contributed by atoms with E-state index in [1.165, 1.54) is 16.8 Å². The fourth-order valence-corrected chi connectivity index (χ4v) is 9.87. The van der Waals surface area contributed by atoms with E-state index in [2.05, 4.69) is 20.1 Å². The number of pyridine rings is 1. The second-order valence-corrected chi connectivity index (χ2v) is 19.8. The van der Waals surface area contributed by atoms with Gasteiger partial charge in [-0.25, -0.2) is 30.6 Å². The van der Waals surface area contributed by atoms with Crippen LogP contribution >= 0.6 is 11.6 Å². The van der Waals surface area contributed by atoms with Gasteiger partial charge in [0.05, 0.1) is 67.0 Å². The number of amides is 1. The van der Waals surface area contributed by atoms with Crippen LogP contribution in [0.15, 0.2) is 78.6 Å². The van der Waals surface area contributed by atoms with Gasteiger partial charge in [0.1, 0.15) is 18.2 Å². The Balaban J connectivity index is 1.42. The van der Waals surface area contributed by atoms with Crippen molar-refractivity contribution in [1.29, 1.82) is 0 Å². The number of anilines is 1. The maximum absolute atomic E-state index is 14.7. The van der Waals surface area contributed by atoms with Crippen molar-refractivity contribution < 1.29 is 30.4 Å². The van der Waals surface area contributed by atoms with Gasteiger partial charge in [-0.2, -0.15) is 5.10 Å². The second-order valence-electron chi connectivity index (χ2n) is 14.9. The van der Waals surface area contributed by atoms with Crippen LogP contribution in [0.1, 0.15) is 56.6 Å². The maximum Gasteiger partial charge on any atom is 0.240 e. The number of aryl methyl sites for hydroxylation is 1. The van der Waals surface area contributed by atoms with Crippen molar-refractivity contribution in [2.45, 2.75) is 62.6 Å². The number of nitrogens with zero attached hydrogens (tertiary/aromatic N) is 5. The van der Waals surface area contributed by atoms with E-state index in [4.69, 9.17) is 16.6 Å². The van der Waals surface area contributed by atoms with E-state index < -0.39 is 53.4 Å². The van der Waals surface area contributed by atoms with E-state index in [-0.39, 0.29) is 35.1 Å². The molecule has 3 heterocycles. The summed E-state index contributed by atoms with van der Waals surface area (Å²) < 4.78 is 85.3. The molecule has 1 saturated carbocycles. The zero-order valence-electron chi connectivity index (χ0n) is 31.7. The van der Waals surface area contributed by atoms with Gasteiger partial charge in [-0.3, -0.25) is 19.2 Å². The molecule has 7 rings (SSSR count). The van der Waals surface area contributed by atoms with Gasteiger partial charge in [0.15, 0.2) is 15.7 Å². The third-order valence-corrected chi connectivity index (χ3v) is 14.3. The Labute approximate surface area is 333 Å². The first-order chi connectivity index (χ1) is 26.8. The van der Waals surface area contributed by atoms with Crippen molar-refractivity contribution in [3.63, 3.8) is 0 Å². The lowest BCUT2D eigenvalue weighted by Crippen LogP contribution is -2.36. The molecule has 1 atom stereocenters. The first-order valence-corrected chi connectivity index (χ1v) is 21.8. The summed E-state index contributed by atoms with van der Waals surface area (Å²) >= 11 is 6.67. The number of hydrogen-bond donors (Lipinski definition) is 2. The number of imidazole rings is 1. The third kappa shape index (κ3) is 8.16. The Kier molecular flexibility index (Phi) is 10.5. The van der Waals surface area contributed by atoms with Gasteiger partial charge in [-0.1, -0.05) is 41.4 Å². The second kappa shape index (κ2) is 15.0. The Bertz CT molecular complexity index is 2810. The van der Waals surface area contributed by atoms with Crippen LogP contribution in [0.2, 0.25) is 5.02 Å². The number of sulfone groups is 1. The number of fused-ring (bicyclic) bond motifs is 2. The zero-order valence-corrected chi connectivity index (χ0v) is 34.1. The molecule has 57 heavy (non-hydrogen) atoms. The molecule has 0 saturated heterocycles. The highest BCUT2D eigenvalue weighted by Crippen LogP contribution is 2.42. The molecule has 1 fully saturated rings. The minimum Gasteiger partial charge on any atom is -0.346 e. The monoisotopic (exact) mass is 835 g/mol. The van der Waals surface area contributed by atoms with Gasteiger partial charge in [-0.05, 0) is 88.1 Å². The van der Waals surface area contributed by atoms with Crippen LogP contribution in [-0.2, 0) is 44.7 Å². The van der Waals surface area contributed by atoms with Crippen LogP contribution in [-0.4, -0.2) is 63.3 Å². The number of hydrogen-bond acceptors (Lipinski definition) is 8. The first kappa shape index (κ1) is 40.0. The van der Waals surface area contributed by atoms with Crippen molar-refractivity contribution in [3.8, 4) is 11.1 Å². The molecule has 1 aliphatic carbocycles. The number of nitrogens with one attached hydrogen (secondary N) is 2. The molecule has 1 aliphatic rings. The minimum atomic E-state index is -3.76. The van der Waals surface area contributed by atoms with Crippen molar-refractivity contribution in [2.75, 3.05) is 11.0 Å². The molecule has 298 valence electrons. The molecule has 0 spiro atoms. The lowest BCUT2D eigenvalue weighted by molar-refractivity contribution is -0.122. The average molecular weight is 836 g/mol. The highest BCUT2D eigenvalue weighted by molar-refractivity contribution is 7.93. The molecular formula is C40H40ClF2N7O5S2. The number of benzene rings is 3. The maximum atomic E-state index is 14.7. The Morgan fingerprint density at radius 3 is 2.39 bits per heavy atom. The number of halogens is 3. The van der Waals surface area contributed by atoms with E-state index in [0.717, 1.165) is 17.8 Å². The van der Waals surface area contributed by atoms with Crippen LogP contribution in [0.25, 0.3) is 39.1 Å². The van der Waals surface area contributed by atoms with Gasteiger partial charge in [0, 0.05) is 24.2 Å². The van der Waals surface area contributed by atoms with E-state index in [1.807, 2.05) is 24.3 Å². The number of rotatable bonds is 13. The number of sulfonamides is 1. The summed E-state index contributed by atoms with van der Waals surface area (Å²) in [6.45, 7) is 4.91.